The van der Waals surface area contributed by atoms with Crippen molar-refractivity contribution in [3.8, 4) is 23.0 Å². The van der Waals surface area contributed by atoms with Gasteiger partial charge in [-0.3, -0.25) is 33.6 Å². The third kappa shape index (κ3) is 5.49. The second-order valence-electron chi connectivity index (χ2n) is 13.9. The number of hydrogen-bond acceptors (Lipinski definition) is 13. The number of amides is 2. The Morgan fingerprint density at radius 2 is 1.37 bits per heavy atom. The summed E-state index contributed by atoms with van der Waals surface area (Å²) < 4.78 is 22.3. The summed E-state index contributed by atoms with van der Waals surface area (Å²) in [5.74, 6) is -3.42. The Labute approximate surface area is 321 Å². The van der Waals surface area contributed by atoms with Gasteiger partial charge >= 0.3 is 5.97 Å². The predicted octanol–water partition coefficient (Wildman–Crippen LogP) is 2.06. The number of piperazine rings is 1. The summed E-state index contributed by atoms with van der Waals surface area (Å²) in [6.45, 7) is 4.16. The molecular formula is C41H37N3O13. The van der Waals surface area contributed by atoms with Crippen molar-refractivity contribution in [2.45, 2.75) is 51.7 Å². The number of phenolic OH excluding ortho intramolecular Hbond substituents is 1. The summed E-state index contributed by atoms with van der Waals surface area (Å²) in [7, 11) is 4.99. The van der Waals surface area contributed by atoms with Crippen LogP contribution in [0.1, 0.15) is 38.8 Å². The zero-order valence-corrected chi connectivity index (χ0v) is 32.0. The molecule has 294 valence electrons. The van der Waals surface area contributed by atoms with Crippen LogP contribution in [-0.4, -0.2) is 79.4 Å². The van der Waals surface area contributed by atoms with Crippen LogP contribution in [0, 0.1) is 0 Å². The first-order valence-electron chi connectivity index (χ1n) is 18.0. The van der Waals surface area contributed by atoms with Gasteiger partial charge in [0, 0.05) is 32.6 Å². The van der Waals surface area contributed by atoms with Crippen molar-refractivity contribution >= 4 is 71.6 Å². The lowest BCUT2D eigenvalue weighted by atomic mass is 9.91. The molecule has 16 heteroatoms. The summed E-state index contributed by atoms with van der Waals surface area (Å²) >= 11 is 0. The fraction of sp³-hybridized carbons (Fsp3) is 0.317. The fourth-order valence-electron chi connectivity index (χ4n) is 7.98. The van der Waals surface area contributed by atoms with Gasteiger partial charge in [-0.05, 0) is 49.6 Å². The Bertz CT molecular complexity index is 3050. The number of carbonyl (C=O) groups excluding carboxylic acids is 3. The molecule has 0 spiro atoms. The number of phenols is 1. The van der Waals surface area contributed by atoms with Crippen molar-refractivity contribution in [2.75, 3.05) is 35.0 Å². The molecule has 5 aromatic carbocycles. The lowest BCUT2D eigenvalue weighted by Crippen LogP contribution is -2.63. The lowest BCUT2D eigenvalue weighted by molar-refractivity contribution is -0.153. The molecule has 1 fully saturated rings. The molecule has 2 heterocycles. The van der Waals surface area contributed by atoms with Crippen LogP contribution in [0.25, 0.3) is 53.9 Å². The third-order valence-corrected chi connectivity index (χ3v) is 11.1. The minimum Gasteiger partial charge on any atom is -0.506 e. The Hall–Kier alpha value is -6.84. The van der Waals surface area contributed by atoms with Gasteiger partial charge in [0.25, 0.3) is 5.56 Å². The van der Waals surface area contributed by atoms with E-state index in [0.717, 1.165) is 16.6 Å². The minimum absolute atomic E-state index is 0.00665. The number of nitrogens with zero attached hydrogens (tertiary/aromatic N) is 2. The Morgan fingerprint density at radius 3 is 1.95 bits per heavy atom. The van der Waals surface area contributed by atoms with Gasteiger partial charge in [-0.15, -0.1) is 0 Å². The zero-order chi connectivity index (χ0) is 41.4. The molecule has 2 amide bonds. The Kier molecular flexibility index (Phi) is 9.46. The average molecular weight is 780 g/mol. The maximum atomic E-state index is 14.8. The van der Waals surface area contributed by atoms with E-state index in [0.29, 0.717) is 6.42 Å². The van der Waals surface area contributed by atoms with Crippen molar-refractivity contribution in [3.05, 3.63) is 87.3 Å². The molecule has 16 nitrogen and oxygen atoms in total. The predicted molar refractivity (Wildman–Crippen MR) is 211 cm³/mol. The van der Waals surface area contributed by atoms with Crippen molar-refractivity contribution in [1.29, 1.82) is 0 Å². The number of aromatic nitrogens is 1. The molecule has 0 aliphatic carbocycles. The van der Waals surface area contributed by atoms with Crippen LogP contribution >= 0.6 is 0 Å². The van der Waals surface area contributed by atoms with E-state index < -0.39 is 91.5 Å². The van der Waals surface area contributed by atoms with Gasteiger partial charge in [0.1, 0.15) is 41.6 Å². The van der Waals surface area contributed by atoms with Crippen molar-refractivity contribution in [2.24, 2.45) is 0 Å². The molecular weight excluding hydrogens is 742 g/mol. The highest BCUT2D eigenvalue weighted by Gasteiger charge is 2.38. The van der Waals surface area contributed by atoms with Crippen molar-refractivity contribution < 1.29 is 38.4 Å². The van der Waals surface area contributed by atoms with Gasteiger partial charge in [0.15, 0.2) is 5.43 Å². The highest BCUT2D eigenvalue weighted by atomic mass is 16.5. The SMILES string of the molecule is CCC(C)c1cc2c(=O)c3ccc4c(OC)c5c(=O)c6c(OC)ccc(OC)c6c(=O)c5c(O)c4c3c(=O)c2c(=O)n1CC(=O)N1CC(C(=O)OC)NC(=O)C1C. The molecule has 7 rings (SSSR count). The largest absolute Gasteiger partial charge is 0.506 e. The average Bonchev–Trinajstić information content (AvgIpc) is 3.21. The number of carbonyl (C=O) groups is 3. The Balaban J connectivity index is 1.57. The second kappa shape index (κ2) is 14.0. The van der Waals surface area contributed by atoms with Gasteiger partial charge in [-0.25, -0.2) is 4.79 Å². The number of hydrogen-bond donors (Lipinski definition) is 2. The molecule has 1 aliphatic rings. The quantitative estimate of drug-likeness (QED) is 0.129. The second-order valence-corrected chi connectivity index (χ2v) is 13.9. The molecule has 0 radical (unpaired) electrons. The number of pyridine rings is 1. The standard InChI is InChI=1S/C41H37N3O13/c1-8-16(2)22-13-20-28(40(52)44(22)15-25(45)43-14-21(41(53)57-7)42-39(51)17(43)3)34(47)26-18(33(20)46)9-10-19-27(26)35(48)31-32(38(19)56-6)37(50)30-24(55-5)12-11-23(54-4)29(30)36(31)49/h9-13,16-17,21,48H,8,14-15H2,1-7H3,(H,42,51). The van der Waals surface area contributed by atoms with Gasteiger partial charge < -0.3 is 38.8 Å². The van der Waals surface area contributed by atoms with Crippen LogP contribution in [0.5, 0.6) is 23.0 Å². The third-order valence-electron chi connectivity index (χ3n) is 11.1. The van der Waals surface area contributed by atoms with E-state index in [1.54, 1.807) is 6.92 Å². The van der Waals surface area contributed by atoms with Crippen LogP contribution < -0.4 is 46.8 Å². The summed E-state index contributed by atoms with van der Waals surface area (Å²) in [6.07, 6.45) is 0.466. The van der Waals surface area contributed by atoms with Crippen LogP contribution in [0.3, 0.4) is 0 Å². The molecule has 0 bridgehead atoms. The molecule has 57 heavy (non-hydrogen) atoms. The topological polar surface area (TPSA) is 214 Å². The fourth-order valence-corrected chi connectivity index (χ4v) is 7.98. The number of nitrogens with one attached hydrogen (secondary N) is 1. The van der Waals surface area contributed by atoms with Gasteiger partial charge in [0.2, 0.25) is 28.1 Å². The van der Waals surface area contributed by atoms with E-state index in [1.807, 2.05) is 6.92 Å². The van der Waals surface area contributed by atoms with Crippen LogP contribution in [0.2, 0.25) is 0 Å². The molecule has 1 aromatic heterocycles. The number of methoxy groups -OCH3 is 4. The first-order valence-corrected chi connectivity index (χ1v) is 18.0. The van der Waals surface area contributed by atoms with E-state index in [2.05, 4.69) is 5.32 Å². The maximum absolute atomic E-state index is 14.8. The molecule has 3 unspecified atom stereocenters. The summed E-state index contributed by atoms with van der Waals surface area (Å²) in [5, 5.41) is 11.6. The minimum atomic E-state index is -1.16. The van der Waals surface area contributed by atoms with E-state index >= 15 is 0 Å². The summed E-state index contributed by atoms with van der Waals surface area (Å²) in [6, 6.07) is 4.79. The first-order chi connectivity index (χ1) is 27.2. The number of fused-ring (bicyclic) bond motifs is 6. The van der Waals surface area contributed by atoms with E-state index in [4.69, 9.17) is 18.9 Å². The zero-order valence-electron chi connectivity index (χ0n) is 32.0. The molecule has 6 aromatic rings. The number of benzene rings is 5. The lowest BCUT2D eigenvalue weighted by Gasteiger charge is -2.36. The van der Waals surface area contributed by atoms with E-state index in [1.165, 1.54) is 58.6 Å². The van der Waals surface area contributed by atoms with Crippen molar-refractivity contribution in [1.82, 2.24) is 14.8 Å². The molecule has 1 aliphatic heterocycles. The summed E-state index contributed by atoms with van der Waals surface area (Å²) in [5.41, 5.74) is -4.04. The highest BCUT2D eigenvalue weighted by molar-refractivity contribution is 6.23. The smallest absolute Gasteiger partial charge is 0.330 e. The molecule has 3 atom stereocenters. The molecule has 2 N–H and O–H groups in total. The van der Waals surface area contributed by atoms with Crippen LogP contribution in [0.4, 0.5) is 0 Å². The number of ether oxygens (including phenoxy) is 4. The highest BCUT2D eigenvalue weighted by Crippen LogP contribution is 2.44. The number of rotatable bonds is 8. The Morgan fingerprint density at radius 1 is 0.772 bits per heavy atom. The number of esters is 1. The van der Waals surface area contributed by atoms with Gasteiger partial charge in [-0.1, -0.05) is 13.8 Å². The van der Waals surface area contributed by atoms with Crippen LogP contribution in [-0.2, 0) is 25.7 Å². The monoisotopic (exact) mass is 779 g/mol. The normalized spacial score (nSPS) is 16.3. The van der Waals surface area contributed by atoms with Gasteiger partial charge in [0.05, 0.1) is 61.9 Å². The van der Waals surface area contributed by atoms with Crippen LogP contribution in [0.15, 0.2) is 54.3 Å². The molecule has 0 saturated carbocycles. The maximum Gasteiger partial charge on any atom is 0.330 e. The summed E-state index contributed by atoms with van der Waals surface area (Å²) in [4.78, 5) is 112. The molecule has 1 saturated heterocycles. The first kappa shape index (κ1) is 38.4. The van der Waals surface area contributed by atoms with E-state index in [9.17, 15) is 43.5 Å². The van der Waals surface area contributed by atoms with Crippen molar-refractivity contribution in [3.63, 3.8) is 0 Å². The number of aromatic hydroxyl groups is 1. The van der Waals surface area contributed by atoms with Gasteiger partial charge in [-0.2, -0.15) is 0 Å². The van der Waals surface area contributed by atoms with E-state index in [-0.39, 0.29) is 67.2 Å².